The first-order chi connectivity index (χ1) is 10.7. The van der Waals surface area contributed by atoms with Crippen molar-refractivity contribution >= 4 is 17.0 Å². The van der Waals surface area contributed by atoms with Crippen LogP contribution in [-0.4, -0.2) is 34.6 Å². The van der Waals surface area contributed by atoms with Crippen molar-refractivity contribution in [3.63, 3.8) is 0 Å². The van der Waals surface area contributed by atoms with Gasteiger partial charge in [-0.3, -0.25) is 0 Å². The number of nitrogens with zero attached hydrogens (tertiary/aromatic N) is 2. The average molecular weight is 297 g/mol. The van der Waals surface area contributed by atoms with Gasteiger partial charge in [-0.15, -0.1) is 0 Å². The fourth-order valence-electron chi connectivity index (χ4n) is 2.32. The Kier molecular flexibility index (Phi) is 3.74. The van der Waals surface area contributed by atoms with Gasteiger partial charge in [0.1, 0.15) is 17.7 Å². The van der Waals surface area contributed by atoms with Crippen LogP contribution in [0, 0.1) is 0 Å². The van der Waals surface area contributed by atoms with Crippen molar-refractivity contribution in [2.75, 3.05) is 13.7 Å². The summed E-state index contributed by atoms with van der Waals surface area (Å²) in [5.74, 6) is 0.324. The predicted molar refractivity (Wildman–Crippen MR) is 81.8 cm³/mol. The lowest BCUT2D eigenvalue weighted by Gasteiger charge is -2.06. The summed E-state index contributed by atoms with van der Waals surface area (Å²) < 4.78 is 10.3. The van der Waals surface area contributed by atoms with Crippen molar-refractivity contribution < 1.29 is 14.3 Å². The zero-order valence-corrected chi connectivity index (χ0v) is 12.3. The number of aromatic amines is 1. The molecule has 0 aliphatic rings. The van der Waals surface area contributed by atoms with Gasteiger partial charge in [-0.1, -0.05) is 12.1 Å². The molecule has 0 fully saturated rings. The van der Waals surface area contributed by atoms with Crippen molar-refractivity contribution in [1.82, 2.24) is 15.0 Å². The number of hydrogen-bond acceptors (Lipinski definition) is 5. The molecule has 6 heteroatoms. The largest absolute Gasteiger partial charge is 0.497 e. The first-order valence-electron chi connectivity index (χ1n) is 6.88. The highest BCUT2D eigenvalue weighted by Crippen LogP contribution is 2.30. The fourth-order valence-corrected chi connectivity index (χ4v) is 2.32. The fraction of sp³-hybridized carbons (Fsp3) is 0.188. The number of H-pyrrole nitrogens is 1. The molecule has 0 atom stereocenters. The number of benzene rings is 1. The van der Waals surface area contributed by atoms with Crippen molar-refractivity contribution in [3.8, 4) is 17.0 Å². The van der Waals surface area contributed by atoms with E-state index in [4.69, 9.17) is 9.47 Å². The number of fused-ring (bicyclic) bond motifs is 1. The van der Waals surface area contributed by atoms with Crippen LogP contribution in [0.5, 0.6) is 5.75 Å². The van der Waals surface area contributed by atoms with Crippen molar-refractivity contribution in [1.29, 1.82) is 0 Å². The van der Waals surface area contributed by atoms with Gasteiger partial charge in [0.2, 0.25) is 0 Å². The van der Waals surface area contributed by atoms with E-state index in [0.717, 1.165) is 11.3 Å². The number of aromatic nitrogens is 3. The number of ether oxygens (including phenoxy) is 2. The number of carbonyl (C=O) groups excluding carboxylic acids is 1. The molecule has 0 aliphatic heterocycles. The van der Waals surface area contributed by atoms with Crippen LogP contribution in [-0.2, 0) is 4.74 Å². The summed E-state index contributed by atoms with van der Waals surface area (Å²) in [6, 6.07) is 7.50. The second kappa shape index (κ2) is 5.85. The van der Waals surface area contributed by atoms with Crippen LogP contribution in [0.3, 0.4) is 0 Å². The van der Waals surface area contributed by atoms with E-state index >= 15 is 0 Å². The SMILES string of the molecule is CCOC(=O)c1c[nH]c2ncnc(-c3cccc(OC)c3)c12. The number of methoxy groups -OCH3 is 1. The molecule has 2 aromatic heterocycles. The van der Waals surface area contributed by atoms with E-state index in [2.05, 4.69) is 15.0 Å². The first-order valence-corrected chi connectivity index (χ1v) is 6.88. The molecule has 0 aliphatic carbocycles. The Hall–Kier alpha value is -2.89. The van der Waals surface area contributed by atoms with E-state index in [1.54, 1.807) is 20.2 Å². The van der Waals surface area contributed by atoms with Gasteiger partial charge in [0.25, 0.3) is 0 Å². The molecule has 6 nitrogen and oxygen atoms in total. The summed E-state index contributed by atoms with van der Waals surface area (Å²) >= 11 is 0. The van der Waals surface area contributed by atoms with Crippen molar-refractivity contribution in [2.45, 2.75) is 6.92 Å². The van der Waals surface area contributed by atoms with Crippen LogP contribution in [0.1, 0.15) is 17.3 Å². The third-order valence-corrected chi connectivity index (χ3v) is 3.31. The van der Waals surface area contributed by atoms with Crippen LogP contribution in [0.4, 0.5) is 0 Å². The number of esters is 1. The molecular formula is C16H15N3O3. The molecule has 0 amide bonds. The van der Waals surface area contributed by atoms with Crippen LogP contribution in [0.15, 0.2) is 36.8 Å². The molecule has 22 heavy (non-hydrogen) atoms. The molecule has 2 heterocycles. The van der Waals surface area contributed by atoms with Gasteiger partial charge in [-0.2, -0.15) is 0 Å². The number of nitrogens with one attached hydrogen (secondary N) is 1. The van der Waals surface area contributed by atoms with E-state index in [0.29, 0.717) is 28.9 Å². The minimum atomic E-state index is -0.396. The second-order valence-electron chi connectivity index (χ2n) is 4.60. The van der Waals surface area contributed by atoms with Crippen LogP contribution in [0.2, 0.25) is 0 Å². The van der Waals surface area contributed by atoms with E-state index in [1.165, 1.54) is 6.33 Å². The Labute approximate surface area is 127 Å². The third kappa shape index (κ3) is 2.39. The minimum Gasteiger partial charge on any atom is -0.497 e. The Balaban J connectivity index is 2.20. The molecule has 0 saturated carbocycles. The predicted octanol–water partition coefficient (Wildman–Crippen LogP) is 2.81. The van der Waals surface area contributed by atoms with E-state index in [9.17, 15) is 4.79 Å². The Morgan fingerprint density at radius 1 is 1.32 bits per heavy atom. The maximum atomic E-state index is 12.1. The summed E-state index contributed by atoms with van der Waals surface area (Å²) in [5.41, 5.74) is 2.52. The zero-order valence-electron chi connectivity index (χ0n) is 12.3. The van der Waals surface area contributed by atoms with Gasteiger partial charge in [0, 0.05) is 11.8 Å². The third-order valence-electron chi connectivity index (χ3n) is 3.31. The molecular weight excluding hydrogens is 282 g/mol. The molecule has 0 saturated heterocycles. The molecule has 0 bridgehead atoms. The first kappa shape index (κ1) is 14.1. The molecule has 0 spiro atoms. The van der Waals surface area contributed by atoms with Gasteiger partial charge in [0.15, 0.2) is 0 Å². The standard InChI is InChI=1S/C16H15N3O3/c1-3-22-16(20)12-8-17-15-13(12)14(18-9-19-15)10-5-4-6-11(7-10)21-2/h4-9H,3H2,1-2H3,(H,17,18,19). The minimum absolute atomic E-state index is 0.313. The van der Waals surface area contributed by atoms with Gasteiger partial charge < -0.3 is 14.5 Å². The smallest absolute Gasteiger partial charge is 0.340 e. The second-order valence-corrected chi connectivity index (χ2v) is 4.60. The summed E-state index contributed by atoms with van der Waals surface area (Å²) in [6.45, 7) is 2.08. The summed E-state index contributed by atoms with van der Waals surface area (Å²) in [7, 11) is 1.61. The number of carbonyl (C=O) groups is 1. The normalized spacial score (nSPS) is 10.6. The molecule has 112 valence electrons. The highest BCUT2D eigenvalue weighted by Gasteiger charge is 2.18. The highest BCUT2D eigenvalue weighted by atomic mass is 16.5. The molecule has 1 N–H and O–H groups in total. The summed E-state index contributed by atoms with van der Waals surface area (Å²) in [4.78, 5) is 23.6. The van der Waals surface area contributed by atoms with Gasteiger partial charge >= 0.3 is 5.97 Å². The zero-order chi connectivity index (χ0) is 15.5. The summed E-state index contributed by atoms with van der Waals surface area (Å²) in [6.07, 6.45) is 3.06. The topological polar surface area (TPSA) is 77.1 Å². The van der Waals surface area contributed by atoms with Gasteiger partial charge in [-0.05, 0) is 19.1 Å². The van der Waals surface area contributed by atoms with Crippen LogP contribution < -0.4 is 4.74 Å². The Morgan fingerprint density at radius 2 is 2.18 bits per heavy atom. The maximum absolute atomic E-state index is 12.1. The number of hydrogen-bond donors (Lipinski definition) is 1. The van der Waals surface area contributed by atoms with E-state index in [1.807, 2.05) is 24.3 Å². The van der Waals surface area contributed by atoms with Gasteiger partial charge in [-0.25, -0.2) is 14.8 Å². The van der Waals surface area contributed by atoms with Crippen LogP contribution >= 0.6 is 0 Å². The molecule has 1 aromatic carbocycles. The lowest BCUT2D eigenvalue weighted by molar-refractivity contribution is 0.0528. The molecule has 3 rings (SSSR count). The lowest BCUT2D eigenvalue weighted by Crippen LogP contribution is -2.04. The highest BCUT2D eigenvalue weighted by molar-refractivity contribution is 6.08. The van der Waals surface area contributed by atoms with E-state index < -0.39 is 5.97 Å². The quantitative estimate of drug-likeness (QED) is 0.749. The molecule has 3 aromatic rings. The molecule has 0 radical (unpaired) electrons. The van der Waals surface area contributed by atoms with Crippen LogP contribution in [0.25, 0.3) is 22.3 Å². The average Bonchev–Trinajstić information content (AvgIpc) is 2.99. The Bertz CT molecular complexity index is 826. The maximum Gasteiger partial charge on any atom is 0.340 e. The lowest BCUT2D eigenvalue weighted by atomic mass is 10.1. The molecule has 0 unspecified atom stereocenters. The Morgan fingerprint density at radius 3 is 2.95 bits per heavy atom. The van der Waals surface area contributed by atoms with E-state index in [-0.39, 0.29) is 0 Å². The number of rotatable bonds is 4. The monoisotopic (exact) mass is 297 g/mol. The summed E-state index contributed by atoms with van der Waals surface area (Å²) in [5, 5.41) is 0.647. The van der Waals surface area contributed by atoms with Gasteiger partial charge in [0.05, 0.1) is 30.4 Å². The van der Waals surface area contributed by atoms with Crippen molar-refractivity contribution in [3.05, 3.63) is 42.4 Å². The van der Waals surface area contributed by atoms with Crippen molar-refractivity contribution in [2.24, 2.45) is 0 Å².